The second-order valence-corrected chi connectivity index (χ2v) is 6.63. The number of hydrogen-bond acceptors (Lipinski definition) is 5. The molecule has 1 aliphatic heterocycles. The number of nitrogens with two attached hydrogens (primary N) is 1. The number of carbonyl (C=O) groups excluding carboxylic acids is 1. The highest BCUT2D eigenvalue weighted by atomic mass is 79.9. The Kier molecular flexibility index (Phi) is 5.45. The molecule has 1 unspecified atom stereocenters. The molecule has 0 saturated carbocycles. The average Bonchev–Trinajstić information content (AvgIpc) is 3.08. The van der Waals surface area contributed by atoms with E-state index in [0.29, 0.717) is 30.4 Å². The Hall–Kier alpha value is -2.25. The lowest BCUT2D eigenvalue weighted by Gasteiger charge is -2.14. The number of amides is 1. The minimum absolute atomic E-state index is 0.144. The van der Waals surface area contributed by atoms with Gasteiger partial charge in [0.05, 0.1) is 6.04 Å². The van der Waals surface area contributed by atoms with Gasteiger partial charge in [-0.15, -0.1) is 0 Å². The van der Waals surface area contributed by atoms with Gasteiger partial charge in [0.25, 0.3) is 0 Å². The van der Waals surface area contributed by atoms with Crippen LogP contribution in [0.2, 0.25) is 0 Å². The Labute approximate surface area is 154 Å². The molecule has 6 nitrogen and oxygen atoms in total. The van der Waals surface area contributed by atoms with Crippen LogP contribution < -0.4 is 25.3 Å². The number of halogens is 1. The van der Waals surface area contributed by atoms with E-state index in [1.165, 1.54) is 0 Å². The highest BCUT2D eigenvalue weighted by Gasteiger charge is 2.23. The lowest BCUT2D eigenvalue weighted by atomic mass is 10.1. The van der Waals surface area contributed by atoms with Gasteiger partial charge in [-0.1, -0.05) is 34.1 Å². The third-order valence-corrected chi connectivity index (χ3v) is 4.37. The van der Waals surface area contributed by atoms with Gasteiger partial charge in [0, 0.05) is 16.6 Å². The van der Waals surface area contributed by atoms with Gasteiger partial charge in [0.2, 0.25) is 18.4 Å². The summed E-state index contributed by atoms with van der Waals surface area (Å²) in [4.78, 5) is 11.1. The molecule has 7 heteroatoms. The zero-order valence-electron chi connectivity index (χ0n) is 13.8. The summed E-state index contributed by atoms with van der Waals surface area (Å²) in [5, 5.41) is 3.06. The summed E-state index contributed by atoms with van der Waals surface area (Å²) in [5.74, 6) is 1.44. The van der Waals surface area contributed by atoms with E-state index in [-0.39, 0.29) is 6.79 Å². The van der Waals surface area contributed by atoms with Gasteiger partial charge >= 0.3 is 0 Å². The summed E-state index contributed by atoms with van der Waals surface area (Å²) in [7, 11) is 0. The highest BCUT2D eigenvalue weighted by molar-refractivity contribution is 9.10. The summed E-state index contributed by atoms with van der Waals surface area (Å²) < 4.78 is 18.0. The molecule has 0 bridgehead atoms. The van der Waals surface area contributed by atoms with Crippen LogP contribution in [0.15, 0.2) is 40.9 Å². The van der Waals surface area contributed by atoms with Crippen LogP contribution in [0.25, 0.3) is 0 Å². The van der Waals surface area contributed by atoms with E-state index in [2.05, 4.69) is 21.2 Å². The van der Waals surface area contributed by atoms with Crippen LogP contribution in [0.5, 0.6) is 17.2 Å². The second kappa shape index (κ2) is 7.76. The van der Waals surface area contributed by atoms with E-state index in [1.807, 2.05) is 36.4 Å². The minimum Gasteiger partial charge on any atom is -0.485 e. The van der Waals surface area contributed by atoms with Gasteiger partial charge in [0.1, 0.15) is 6.61 Å². The first kappa shape index (κ1) is 17.6. The van der Waals surface area contributed by atoms with E-state index in [9.17, 15) is 4.79 Å². The molecular weight excluding hydrogens is 388 g/mol. The smallest absolute Gasteiger partial charge is 0.234 e. The van der Waals surface area contributed by atoms with Crippen LogP contribution in [0.3, 0.4) is 0 Å². The van der Waals surface area contributed by atoms with Crippen LogP contribution in [0.4, 0.5) is 0 Å². The lowest BCUT2D eigenvalue weighted by Crippen LogP contribution is -2.38. The third kappa shape index (κ3) is 4.24. The van der Waals surface area contributed by atoms with Crippen molar-refractivity contribution in [2.45, 2.75) is 26.1 Å². The van der Waals surface area contributed by atoms with E-state index in [0.717, 1.165) is 15.6 Å². The van der Waals surface area contributed by atoms with E-state index in [4.69, 9.17) is 19.9 Å². The van der Waals surface area contributed by atoms with Crippen LogP contribution in [-0.4, -0.2) is 18.7 Å². The molecule has 0 spiro atoms. The molecule has 0 aliphatic carbocycles. The molecule has 1 aliphatic rings. The fraction of sp³-hybridized carbons (Fsp3) is 0.278. The van der Waals surface area contributed by atoms with Gasteiger partial charge in [-0.25, -0.2) is 0 Å². The zero-order chi connectivity index (χ0) is 17.8. The summed E-state index contributed by atoms with van der Waals surface area (Å²) in [5.41, 5.74) is 7.19. The van der Waals surface area contributed by atoms with Crippen LogP contribution >= 0.6 is 15.9 Å². The predicted octanol–water partition coefficient (Wildman–Crippen LogP) is 2.72. The predicted molar refractivity (Wildman–Crippen MR) is 96.5 cm³/mol. The maximum Gasteiger partial charge on any atom is 0.234 e. The Morgan fingerprint density at radius 3 is 2.88 bits per heavy atom. The Morgan fingerprint density at radius 2 is 2.12 bits per heavy atom. The highest BCUT2D eigenvalue weighted by Crippen LogP contribution is 2.43. The standard InChI is InChI=1S/C18H19BrN2O4/c1-11(18(20)22)21-8-13-5-6-15(17-16(13)24-10-25-17)23-9-12-3-2-4-14(19)7-12/h2-7,11,21H,8-10H2,1H3,(H2,20,22). The van der Waals surface area contributed by atoms with Crippen molar-refractivity contribution in [3.8, 4) is 17.2 Å². The van der Waals surface area contributed by atoms with Crippen molar-refractivity contribution in [1.29, 1.82) is 0 Å². The molecule has 132 valence electrons. The maximum absolute atomic E-state index is 11.1. The number of rotatable bonds is 7. The van der Waals surface area contributed by atoms with E-state index in [1.54, 1.807) is 6.92 Å². The maximum atomic E-state index is 11.1. The number of carbonyl (C=O) groups is 1. The summed E-state index contributed by atoms with van der Waals surface area (Å²) in [6, 6.07) is 11.2. The van der Waals surface area contributed by atoms with Gasteiger partial charge < -0.3 is 25.3 Å². The van der Waals surface area contributed by atoms with Crippen molar-refractivity contribution in [3.63, 3.8) is 0 Å². The molecule has 1 amide bonds. The monoisotopic (exact) mass is 406 g/mol. The first-order chi connectivity index (χ1) is 12.0. The molecule has 3 rings (SSSR count). The van der Waals surface area contributed by atoms with Crippen molar-refractivity contribution < 1.29 is 19.0 Å². The van der Waals surface area contributed by atoms with Gasteiger partial charge in [-0.05, 0) is 30.7 Å². The Balaban J connectivity index is 1.72. The van der Waals surface area contributed by atoms with Crippen molar-refractivity contribution in [2.75, 3.05) is 6.79 Å². The molecule has 1 atom stereocenters. The molecule has 0 fully saturated rings. The molecule has 0 radical (unpaired) electrons. The minimum atomic E-state index is -0.426. The van der Waals surface area contributed by atoms with Crippen LogP contribution in [-0.2, 0) is 17.9 Å². The first-order valence-electron chi connectivity index (χ1n) is 7.86. The normalized spacial score (nSPS) is 13.5. The quantitative estimate of drug-likeness (QED) is 0.738. The molecule has 1 heterocycles. The van der Waals surface area contributed by atoms with Crippen LogP contribution in [0.1, 0.15) is 18.1 Å². The molecule has 25 heavy (non-hydrogen) atoms. The Bertz CT molecular complexity index is 782. The Morgan fingerprint density at radius 1 is 1.32 bits per heavy atom. The number of nitrogens with one attached hydrogen (secondary N) is 1. The molecule has 2 aromatic rings. The summed E-state index contributed by atoms with van der Waals surface area (Å²) in [6.07, 6.45) is 0. The number of fused-ring (bicyclic) bond motifs is 1. The molecule has 0 saturated heterocycles. The fourth-order valence-electron chi connectivity index (χ4n) is 2.43. The average molecular weight is 407 g/mol. The van der Waals surface area contributed by atoms with Crippen molar-refractivity contribution in [2.24, 2.45) is 5.73 Å². The molecule has 2 aromatic carbocycles. The van der Waals surface area contributed by atoms with Gasteiger partial charge in [0.15, 0.2) is 11.5 Å². The third-order valence-electron chi connectivity index (χ3n) is 3.87. The molecule has 3 N–H and O–H groups in total. The second-order valence-electron chi connectivity index (χ2n) is 5.71. The lowest BCUT2D eigenvalue weighted by molar-refractivity contribution is -0.119. The van der Waals surface area contributed by atoms with Gasteiger partial charge in [-0.2, -0.15) is 0 Å². The topological polar surface area (TPSA) is 82.8 Å². The largest absolute Gasteiger partial charge is 0.485 e. The first-order valence-corrected chi connectivity index (χ1v) is 8.65. The van der Waals surface area contributed by atoms with Crippen LogP contribution in [0, 0.1) is 0 Å². The van der Waals surface area contributed by atoms with Crippen molar-refractivity contribution >= 4 is 21.8 Å². The number of hydrogen-bond donors (Lipinski definition) is 2. The number of primary amides is 1. The molecular formula is C18H19BrN2O4. The zero-order valence-corrected chi connectivity index (χ0v) is 15.3. The summed E-state index contributed by atoms with van der Waals surface area (Å²) in [6.45, 7) is 2.73. The summed E-state index contributed by atoms with van der Waals surface area (Å²) >= 11 is 3.45. The fourth-order valence-corrected chi connectivity index (χ4v) is 2.88. The van der Waals surface area contributed by atoms with E-state index < -0.39 is 11.9 Å². The SMILES string of the molecule is CC(NCc1ccc(OCc2cccc(Br)c2)c2c1OCO2)C(N)=O. The van der Waals surface area contributed by atoms with E-state index >= 15 is 0 Å². The number of ether oxygens (including phenoxy) is 3. The van der Waals surface area contributed by atoms with Crippen molar-refractivity contribution in [3.05, 3.63) is 52.0 Å². The number of benzene rings is 2. The van der Waals surface area contributed by atoms with Crippen molar-refractivity contribution in [1.82, 2.24) is 5.32 Å². The van der Waals surface area contributed by atoms with Gasteiger partial charge in [-0.3, -0.25) is 4.79 Å². The molecule has 0 aromatic heterocycles.